The fourth-order valence-corrected chi connectivity index (χ4v) is 0.685. The number of nitrogens with two attached hydrogens (primary N) is 1. The highest BCUT2D eigenvalue weighted by molar-refractivity contribution is 5.37. The van der Waals surface area contributed by atoms with Gasteiger partial charge in [0.25, 0.3) is 0 Å². The Morgan fingerprint density at radius 3 is 2.60 bits per heavy atom. The maximum Gasteiger partial charge on any atom is 0.168 e. The van der Waals surface area contributed by atoms with Crippen molar-refractivity contribution >= 4 is 5.82 Å². The van der Waals surface area contributed by atoms with E-state index < -0.39 is 5.82 Å². The van der Waals surface area contributed by atoms with Crippen LogP contribution in [-0.4, -0.2) is 4.98 Å². The molecule has 0 aliphatic heterocycles. The highest BCUT2D eigenvalue weighted by Crippen LogP contribution is 2.13. The summed E-state index contributed by atoms with van der Waals surface area (Å²) in [6.07, 6.45) is 1.56. The van der Waals surface area contributed by atoms with Crippen LogP contribution in [0.5, 0.6) is 0 Å². The Morgan fingerprint density at radius 1 is 1.50 bits per heavy atom. The molecule has 0 amide bonds. The van der Waals surface area contributed by atoms with Gasteiger partial charge >= 0.3 is 0 Å². The molecule has 0 atom stereocenters. The Hall–Kier alpha value is -1.12. The number of nitrogens with zero attached hydrogens (tertiary/aromatic N) is 1. The zero-order chi connectivity index (χ0) is 7.72. The molecule has 0 unspecified atom stereocenters. The standard InChI is InChI=1S/C7H9FN2/c1-4-3-10-7(9)6(8)5(4)2/h3H,1-2H3,(H2,9,10). The molecule has 2 nitrogen and oxygen atoms in total. The molecule has 1 aromatic heterocycles. The minimum atomic E-state index is -0.403. The highest BCUT2D eigenvalue weighted by Gasteiger charge is 2.04. The van der Waals surface area contributed by atoms with Crippen LogP contribution in [0.2, 0.25) is 0 Å². The van der Waals surface area contributed by atoms with Gasteiger partial charge in [0.05, 0.1) is 0 Å². The largest absolute Gasteiger partial charge is 0.381 e. The van der Waals surface area contributed by atoms with E-state index in [0.29, 0.717) is 5.56 Å². The fourth-order valence-electron chi connectivity index (χ4n) is 0.685. The summed E-state index contributed by atoms with van der Waals surface area (Å²) in [5.74, 6) is -0.428. The van der Waals surface area contributed by atoms with E-state index in [1.807, 2.05) is 0 Å². The van der Waals surface area contributed by atoms with E-state index in [1.54, 1.807) is 20.0 Å². The van der Waals surface area contributed by atoms with E-state index in [-0.39, 0.29) is 5.82 Å². The van der Waals surface area contributed by atoms with Gasteiger partial charge < -0.3 is 5.73 Å². The lowest BCUT2D eigenvalue weighted by Gasteiger charge is -2.01. The molecule has 10 heavy (non-hydrogen) atoms. The minimum absolute atomic E-state index is 0.0249. The van der Waals surface area contributed by atoms with Crippen LogP contribution < -0.4 is 5.73 Å². The molecule has 0 spiro atoms. The van der Waals surface area contributed by atoms with Gasteiger partial charge in [0.2, 0.25) is 0 Å². The minimum Gasteiger partial charge on any atom is -0.381 e. The first-order chi connectivity index (χ1) is 4.63. The monoisotopic (exact) mass is 140 g/mol. The van der Waals surface area contributed by atoms with Gasteiger partial charge in [0, 0.05) is 6.20 Å². The molecule has 2 N–H and O–H groups in total. The average Bonchev–Trinajstić information content (AvgIpc) is 1.93. The number of hydrogen-bond acceptors (Lipinski definition) is 2. The van der Waals surface area contributed by atoms with Crippen LogP contribution in [-0.2, 0) is 0 Å². The molecule has 0 radical (unpaired) electrons. The Morgan fingerprint density at radius 2 is 2.10 bits per heavy atom. The van der Waals surface area contributed by atoms with Crippen LogP contribution in [0.25, 0.3) is 0 Å². The van der Waals surface area contributed by atoms with Crippen LogP contribution >= 0.6 is 0 Å². The van der Waals surface area contributed by atoms with E-state index in [9.17, 15) is 4.39 Å². The van der Waals surface area contributed by atoms with Gasteiger partial charge in [0.1, 0.15) is 0 Å². The molecule has 0 saturated heterocycles. The van der Waals surface area contributed by atoms with Gasteiger partial charge in [-0.15, -0.1) is 0 Å². The molecule has 0 fully saturated rings. The van der Waals surface area contributed by atoms with Gasteiger partial charge in [-0.1, -0.05) is 0 Å². The first-order valence-electron chi connectivity index (χ1n) is 3.00. The number of nitrogen functional groups attached to an aromatic ring is 1. The second-order valence-electron chi connectivity index (χ2n) is 2.27. The summed E-state index contributed by atoms with van der Waals surface area (Å²) in [4.78, 5) is 3.64. The zero-order valence-corrected chi connectivity index (χ0v) is 5.98. The molecule has 54 valence electrons. The molecule has 0 aliphatic carbocycles. The third kappa shape index (κ3) is 0.943. The summed E-state index contributed by atoms with van der Waals surface area (Å²) in [6.45, 7) is 3.48. The van der Waals surface area contributed by atoms with Crippen LogP contribution in [0.15, 0.2) is 6.20 Å². The molecule has 0 aromatic carbocycles. The normalized spacial score (nSPS) is 9.90. The summed E-state index contributed by atoms with van der Waals surface area (Å²) in [7, 11) is 0. The van der Waals surface area contributed by atoms with Gasteiger partial charge in [-0.05, 0) is 25.0 Å². The van der Waals surface area contributed by atoms with Gasteiger partial charge in [-0.25, -0.2) is 9.37 Å². The van der Waals surface area contributed by atoms with Crippen molar-refractivity contribution < 1.29 is 4.39 Å². The molecule has 1 aromatic rings. The van der Waals surface area contributed by atoms with Crippen molar-refractivity contribution in [3.8, 4) is 0 Å². The van der Waals surface area contributed by atoms with Crippen molar-refractivity contribution in [2.75, 3.05) is 5.73 Å². The summed E-state index contributed by atoms with van der Waals surface area (Å²) >= 11 is 0. The zero-order valence-electron chi connectivity index (χ0n) is 5.98. The van der Waals surface area contributed by atoms with Crippen LogP contribution in [0, 0.1) is 19.7 Å². The Bertz CT molecular complexity index is 231. The predicted molar refractivity (Wildman–Crippen MR) is 38.1 cm³/mol. The van der Waals surface area contributed by atoms with Crippen LogP contribution in [0.4, 0.5) is 10.2 Å². The third-order valence-electron chi connectivity index (χ3n) is 1.54. The SMILES string of the molecule is Cc1cnc(N)c(F)c1C. The number of hydrogen-bond donors (Lipinski definition) is 1. The molecule has 0 saturated carbocycles. The van der Waals surface area contributed by atoms with Gasteiger partial charge in [-0.3, -0.25) is 0 Å². The Balaban J connectivity index is 3.34. The molecule has 0 aliphatic rings. The van der Waals surface area contributed by atoms with E-state index in [0.717, 1.165) is 5.56 Å². The quantitative estimate of drug-likeness (QED) is 0.591. The van der Waals surface area contributed by atoms with Crippen molar-refractivity contribution in [3.63, 3.8) is 0 Å². The molecule has 3 heteroatoms. The number of aryl methyl sites for hydroxylation is 1. The number of aromatic nitrogens is 1. The number of halogens is 1. The first kappa shape index (κ1) is 6.99. The van der Waals surface area contributed by atoms with Crippen molar-refractivity contribution in [1.82, 2.24) is 4.98 Å². The molecular formula is C7H9FN2. The fraction of sp³-hybridized carbons (Fsp3) is 0.286. The van der Waals surface area contributed by atoms with E-state index >= 15 is 0 Å². The number of pyridine rings is 1. The Kier molecular flexibility index (Phi) is 1.57. The lowest BCUT2D eigenvalue weighted by Crippen LogP contribution is -1.98. The highest BCUT2D eigenvalue weighted by atomic mass is 19.1. The van der Waals surface area contributed by atoms with Crippen molar-refractivity contribution in [2.45, 2.75) is 13.8 Å². The smallest absolute Gasteiger partial charge is 0.168 e. The number of rotatable bonds is 0. The maximum atomic E-state index is 12.8. The van der Waals surface area contributed by atoms with Crippen LogP contribution in [0.1, 0.15) is 11.1 Å². The predicted octanol–water partition coefficient (Wildman–Crippen LogP) is 1.42. The summed E-state index contributed by atoms with van der Waals surface area (Å²) < 4.78 is 12.8. The van der Waals surface area contributed by atoms with Crippen molar-refractivity contribution in [2.24, 2.45) is 0 Å². The summed E-state index contributed by atoms with van der Waals surface area (Å²) in [6, 6.07) is 0. The lowest BCUT2D eigenvalue weighted by atomic mass is 10.2. The van der Waals surface area contributed by atoms with Gasteiger partial charge in [0.15, 0.2) is 11.6 Å². The maximum absolute atomic E-state index is 12.8. The third-order valence-corrected chi connectivity index (χ3v) is 1.54. The molecule has 0 bridgehead atoms. The van der Waals surface area contributed by atoms with E-state index in [4.69, 9.17) is 5.73 Å². The van der Waals surface area contributed by atoms with Crippen molar-refractivity contribution in [1.29, 1.82) is 0 Å². The molecule has 1 rings (SSSR count). The summed E-state index contributed by atoms with van der Waals surface area (Å²) in [5, 5.41) is 0. The van der Waals surface area contributed by atoms with E-state index in [2.05, 4.69) is 4.98 Å². The second kappa shape index (κ2) is 2.25. The molecule has 1 heterocycles. The second-order valence-corrected chi connectivity index (χ2v) is 2.27. The first-order valence-corrected chi connectivity index (χ1v) is 3.00. The summed E-state index contributed by atoms with van der Waals surface area (Å²) in [5.41, 5.74) is 6.61. The van der Waals surface area contributed by atoms with Crippen molar-refractivity contribution in [3.05, 3.63) is 23.1 Å². The lowest BCUT2D eigenvalue weighted by molar-refractivity contribution is 0.616. The molecular weight excluding hydrogens is 131 g/mol. The number of anilines is 1. The average molecular weight is 140 g/mol. The topological polar surface area (TPSA) is 38.9 Å². The van der Waals surface area contributed by atoms with Crippen LogP contribution in [0.3, 0.4) is 0 Å². The van der Waals surface area contributed by atoms with Gasteiger partial charge in [-0.2, -0.15) is 0 Å². The Labute approximate surface area is 58.9 Å². The van der Waals surface area contributed by atoms with E-state index in [1.165, 1.54) is 0 Å².